The lowest BCUT2D eigenvalue weighted by atomic mass is 9.87. The smallest absolute Gasteiger partial charge is 0.244 e. The summed E-state index contributed by atoms with van der Waals surface area (Å²) in [5, 5.41) is 3.10. The van der Waals surface area contributed by atoms with Gasteiger partial charge in [-0.3, -0.25) is 4.79 Å². The van der Waals surface area contributed by atoms with Crippen molar-refractivity contribution in [3.05, 3.63) is 29.8 Å². The highest BCUT2D eigenvalue weighted by Crippen LogP contribution is 2.28. The summed E-state index contributed by atoms with van der Waals surface area (Å²) in [7, 11) is 5.64. The summed E-state index contributed by atoms with van der Waals surface area (Å²) in [6.45, 7) is 3.71. The maximum atomic E-state index is 12.1. The van der Waals surface area contributed by atoms with Gasteiger partial charge in [-0.05, 0) is 69.5 Å². The van der Waals surface area contributed by atoms with Crippen LogP contribution in [0.15, 0.2) is 24.3 Å². The minimum atomic E-state index is -0.0326. The normalized spacial score (nSPS) is 19.6. The Morgan fingerprint density at radius 1 is 1.22 bits per heavy atom. The van der Waals surface area contributed by atoms with Crippen LogP contribution < -0.4 is 14.8 Å². The summed E-state index contributed by atoms with van der Waals surface area (Å²) in [5.41, 5.74) is 0.911. The molecule has 152 valence electrons. The second-order valence-corrected chi connectivity index (χ2v) is 7.36. The number of rotatable bonds is 8. The Morgan fingerprint density at radius 2 is 1.93 bits per heavy atom. The van der Waals surface area contributed by atoms with Gasteiger partial charge in [0.25, 0.3) is 0 Å². The Bertz CT molecular complexity index is 611. The zero-order chi connectivity index (χ0) is 18.9. The van der Waals surface area contributed by atoms with E-state index in [0.717, 1.165) is 30.9 Å². The minimum absolute atomic E-state index is 0. The van der Waals surface area contributed by atoms with Crippen LogP contribution in [-0.4, -0.2) is 51.2 Å². The predicted molar refractivity (Wildman–Crippen MR) is 113 cm³/mol. The molecule has 1 aromatic carbocycles. The fourth-order valence-corrected chi connectivity index (χ4v) is 3.07. The van der Waals surface area contributed by atoms with Crippen LogP contribution in [0.4, 0.5) is 0 Å². The number of amides is 1. The van der Waals surface area contributed by atoms with E-state index >= 15 is 0 Å². The van der Waals surface area contributed by atoms with Gasteiger partial charge < -0.3 is 19.7 Å². The molecule has 1 saturated carbocycles. The number of ether oxygens (including phenoxy) is 2. The highest BCUT2D eigenvalue weighted by atomic mass is 35.5. The molecule has 5 nitrogen and oxygen atoms in total. The first-order valence-electron chi connectivity index (χ1n) is 9.42. The lowest BCUT2D eigenvalue weighted by Gasteiger charge is -2.26. The van der Waals surface area contributed by atoms with Gasteiger partial charge in [0, 0.05) is 18.7 Å². The Balaban J connectivity index is 0.00000364. The number of carbonyl (C=O) groups excluding carboxylic acids is 1. The zero-order valence-electron chi connectivity index (χ0n) is 16.9. The molecular weight excluding hydrogens is 364 g/mol. The second kappa shape index (κ2) is 11.9. The molecule has 0 aromatic heterocycles. The lowest BCUT2D eigenvalue weighted by Crippen LogP contribution is -2.36. The van der Waals surface area contributed by atoms with Crippen LogP contribution in [0, 0.1) is 5.92 Å². The van der Waals surface area contributed by atoms with Crippen LogP contribution in [0.1, 0.15) is 38.2 Å². The average molecular weight is 397 g/mol. The summed E-state index contributed by atoms with van der Waals surface area (Å²) >= 11 is 0. The maximum Gasteiger partial charge on any atom is 0.244 e. The number of nitrogens with zero attached hydrogens (tertiary/aromatic N) is 1. The predicted octanol–water partition coefficient (Wildman–Crippen LogP) is 3.77. The third kappa shape index (κ3) is 8.22. The standard InChI is InChI=1S/C21H32N2O3.ClH/c1-16-5-9-18(10-6-16)22-21(24)12-8-17-7-11-19(20(15-17)25-4)26-14-13-23(2)3;/h7-8,11-12,15-16,18H,5-6,9-10,13-14H2,1-4H3,(H,22,24);1H/b12-8+;/t16-,18+;. The lowest BCUT2D eigenvalue weighted by molar-refractivity contribution is -0.117. The number of methoxy groups -OCH3 is 1. The van der Waals surface area contributed by atoms with E-state index in [0.29, 0.717) is 24.1 Å². The molecule has 0 saturated heterocycles. The molecule has 27 heavy (non-hydrogen) atoms. The SMILES string of the molecule is COc1cc(/C=C/C(=O)N[C@H]2CC[C@@H](C)CC2)ccc1OCCN(C)C.Cl. The molecule has 1 amide bonds. The first kappa shape index (κ1) is 23.3. The molecule has 0 spiro atoms. The van der Waals surface area contributed by atoms with Gasteiger partial charge in [-0.2, -0.15) is 0 Å². The highest BCUT2D eigenvalue weighted by molar-refractivity contribution is 5.92. The molecule has 2 rings (SSSR count). The van der Waals surface area contributed by atoms with E-state index in [1.54, 1.807) is 13.2 Å². The molecular formula is C21H33ClN2O3. The molecule has 0 aliphatic heterocycles. The van der Waals surface area contributed by atoms with Crippen molar-refractivity contribution >= 4 is 24.4 Å². The van der Waals surface area contributed by atoms with Crippen LogP contribution in [-0.2, 0) is 4.79 Å². The number of halogens is 1. The molecule has 1 aliphatic carbocycles. The van der Waals surface area contributed by atoms with E-state index in [-0.39, 0.29) is 18.3 Å². The van der Waals surface area contributed by atoms with Gasteiger partial charge in [-0.15, -0.1) is 12.4 Å². The molecule has 0 bridgehead atoms. The van der Waals surface area contributed by atoms with Gasteiger partial charge >= 0.3 is 0 Å². The van der Waals surface area contributed by atoms with Crippen molar-refractivity contribution in [1.82, 2.24) is 10.2 Å². The van der Waals surface area contributed by atoms with Gasteiger partial charge in [0.05, 0.1) is 7.11 Å². The summed E-state index contributed by atoms with van der Waals surface area (Å²) in [6.07, 6.45) is 7.95. The van der Waals surface area contributed by atoms with Gasteiger partial charge in [0.15, 0.2) is 11.5 Å². The molecule has 0 heterocycles. The second-order valence-electron chi connectivity index (χ2n) is 7.36. The summed E-state index contributed by atoms with van der Waals surface area (Å²) < 4.78 is 11.2. The van der Waals surface area contributed by atoms with E-state index in [1.807, 2.05) is 38.4 Å². The molecule has 0 radical (unpaired) electrons. The van der Waals surface area contributed by atoms with Crippen molar-refractivity contribution in [1.29, 1.82) is 0 Å². The fraction of sp³-hybridized carbons (Fsp3) is 0.571. The van der Waals surface area contributed by atoms with E-state index in [9.17, 15) is 4.79 Å². The van der Waals surface area contributed by atoms with Crippen LogP contribution in [0.3, 0.4) is 0 Å². The Morgan fingerprint density at radius 3 is 2.56 bits per heavy atom. The molecule has 1 fully saturated rings. The molecule has 1 N–H and O–H groups in total. The molecule has 0 atom stereocenters. The van der Waals surface area contributed by atoms with Crippen molar-refractivity contribution in [2.75, 3.05) is 34.4 Å². The number of benzene rings is 1. The number of hydrogen-bond acceptors (Lipinski definition) is 4. The fourth-order valence-electron chi connectivity index (χ4n) is 3.07. The number of hydrogen-bond donors (Lipinski definition) is 1. The third-order valence-electron chi connectivity index (χ3n) is 4.77. The summed E-state index contributed by atoms with van der Waals surface area (Å²) in [5.74, 6) is 2.14. The molecule has 0 unspecified atom stereocenters. The first-order valence-corrected chi connectivity index (χ1v) is 9.42. The molecule has 1 aromatic rings. The average Bonchev–Trinajstić information content (AvgIpc) is 2.62. The molecule has 6 heteroatoms. The van der Waals surface area contributed by atoms with Gasteiger partial charge in [0.1, 0.15) is 6.61 Å². The van der Waals surface area contributed by atoms with Crippen molar-refractivity contribution in [2.24, 2.45) is 5.92 Å². The quantitative estimate of drug-likeness (QED) is 0.679. The monoisotopic (exact) mass is 396 g/mol. The van der Waals surface area contributed by atoms with E-state index in [2.05, 4.69) is 17.1 Å². The number of carbonyl (C=O) groups is 1. The number of nitrogens with one attached hydrogen (secondary N) is 1. The first-order chi connectivity index (χ1) is 12.5. The van der Waals surface area contributed by atoms with Crippen LogP contribution >= 0.6 is 12.4 Å². The van der Waals surface area contributed by atoms with E-state index in [4.69, 9.17) is 9.47 Å². The van der Waals surface area contributed by atoms with Crippen LogP contribution in [0.25, 0.3) is 6.08 Å². The largest absolute Gasteiger partial charge is 0.493 e. The summed E-state index contributed by atoms with van der Waals surface area (Å²) in [4.78, 5) is 14.2. The van der Waals surface area contributed by atoms with Crippen molar-refractivity contribution in [3.63, 3.8) is 0 Å². The number of likely N-dealkylation sites (N-methyl/N-ethyl adjacent to an activating group) is 1. The van der Waals surface area contributed by atoms with Crippen molar-refractivity contribution in [3.8, 4) is 11.5 Å². The van der Waals surface area contributed by atoms with Crippen molar-refractivity contribution < 1.29 is 14.3 Å². The summed E-state index contributed by atoms with van der Waals surface area (Å²) in [6, 6.07) is 6.01. The Kier molecular flexibility index (Phi) is 10.3. The van der Waals surface area contributed by atoms with E-state index < -0.39 is 0 Å². The third-order valence-corrected chi connectivity index (χ3v) is 4.77. The topological polar surface area (TPSA) is 50.8 Å². The van der Waals surface area contributed by atoms with Crippen LogP contribution in [0.2, 0.25) is 0 Å². The highest BCUT2D eigenvalue weighted by Gasteiger charge is 2.18. The zero-order valence-corrected chi connectivity index (χ0v) is 17.7. The Hall–Kier alpha value is -1.72. The molecule has 1 aliphatic rings. The Labute approximate surface area is 169 Å². The van der Waals surface area contributed by atoms with Gasteiger partial charge in [-0.1, -0.05) is 13.0 Å². The van der Waals surface area contributed by atoms with E-state index in [1.165, 1.54) is 12.8 Å². The minimum Gasteiger partial charge on any atom is -0.493 e. The maximum absolute atomic E-state index is 12.1. The van der Waals surface area contributed by atoms with Crippen LogP contribution in [0.5, 0.6) is 11.5 Å². The van der Waals surface area contributed by atoms with Gasteiger partial charge in [0.2, 0.25) is 5.91 Å². The van der Waals surface area contributed by atoms with Crippen molar-refractivity contribution in [2.45, 2.75) is 38.6 Å². The van der Waals surface area contributed by atoms with Gasteiger partial charge in [-0.25, -0.2) is 0 Å².